The van der Waals surface area contributed by atoms with Gasteiger partial charge in [0.05, 0.1) is 18.8 Å². The Morgan fingerprint density at radius 2 is 2.04 bits per heavy atom. The zero-order chi connectivity index (χ0) is 17.8. The van der Waals surface area contributed by atoms with Crippen molar-refractivity contribution >= 4 is 11.6 Å². The van der Waals surface area contributed by atoms with E-state index in [1.165, 1.54) is 0 Å². The topological polar surface area (TPSA) is 49.7 Å². The van der Waals surface area contributed by atoms with Crippen LogP contribution in [0.4, 0.5) is 0 Å². The molecule has 5 atom stereocenters. The van der Waals surface area contributed by atoms with Gasteiger partial charge in [0.2, 0.25) is 0 Å². The van der Waals surface area contributed by atoms with Crippen molar-refractivity contribution in [1.82, 2.24) is 0 Å². The van der Waals surface area contributed by atoms with Crippen LogP contribution in [0.2, 0.25) is 0 Å². The molecule has 0 aliphatic heterocycles. The molecule has 3 rings (SSSR count). The van der Waals surface area contributed by atoms with Crippen molar-refractivity contribution < 1.29 is 47.7 Å². The molecule has 1 aromatic rings. The summed E-state index contributed by atoms with van der Waals surface area (Å²) >= 11 is 6.48. The van der Waals surface area contributed by atoms with Gasteiger partial charge in [-0.15, -0.1) is 11.6 Å². The van der Waals surface area contributed by atoms with Crippen molar-refractivity contribution in [3.05, 3.63) is 48.4 Å². The van der Waals surface area contributed by atoms with Gasteiger partial charge in [0.1, 0.15) is 5.75 Å². The van der Waals surface area contributed by atoms with Gasteiger partial charge < -0.3 is 21.9 Å². The second-order valence-electron chi connectivity index (χ2n) is 7.19. The number of hydrogen-bond donors (Lipinski definition) is 2. The van der Waals surface area contributed by atoms with Crippen LogP contribution in [0.25, 0.3) is 0 Å². The maximum Gasteiger partial charge on any atom is 0.122 e. The third-order valence-electron chi connectivity index (χ3n) is 5.55. The number of aliphatic hydroxyl groups excluding tert-OH is 2. The van der Waals surface area contributed by atoms with Crippen LogP contribution in [0.5, 0.6) is 5.75 Å². The molecule has 0 heterocycles. The number of rotatable bonds is 7. The van der Waals surface area contributed by atoms with Gasteiger partial charge in [-0.1, -0.05) is 30.7 Å². The van der Waals surface area contributed by atoms with Crippen molar-refractivity contribution in [2.24, 2.45) is 11.8 Å². The Balaban J connectivity index is 0.00000243. The molecule has 2 aliphatic rings. The normalized spacial score (nSPS) is 30.4. The number of aliphatic hydroxyl groups is 2. The van der Waals surface area contributed by atoms with E-state index in [1.54, 1.807) is 0 Å². The molecule has 2 N–H and O–H groups in total. The van der Waals surface area contributed by atoms with Gasteiger partial charge in [-0.2, -0.15) is 6.42 Å². The molecule has 2 aliphatic carbocycles. The number of hydrogen-bond acceptors (Lipinski definition) is 3. The van der Waals surface area contributed by atoms with E-state index in [0.717, 1.165) is 49.0 Å². The van der Waals surface area contributed by atoms with E-state index < -0.39 is 6.10 Å². The first kappa shape index (κ1) is 22.4. The molecule has 0 amide bonds. The van der Waals surface area contributed by atoms with Crippen molar-refractivity contribution in [2.75, 3.05) is 6.61 Å². The Bertz CT molecular complexity index is 607. The molecule has 26 heavy (non-hydrogen) atoms. The fourth-order valence-corrected chi connectivity index (χ4v) is 4.57. The first-order valence-corrected chi connectivity index (χ1v) is 9.74. The van der Waals surface area contributed by atoms with Crippen molar-refractivity contribution in [2.45, 2.75) is 56.1 Å². The van der Waals surface area contributed by atoms with Crippen LogP contribution in [-0.4, -0.2) is 28.3 Å². The van der Waals surface area contributed by atoms with Crippen molar-refractivity contribution in [3.8, 4) is 5.75 Å². The SMILES string of the molecule is [CH2-]CC/C=C\C[C@@H]1[C@@H](COc2cccc3c2CCC3O)[C@H](O)C[C@H]1Cl.[Y]. The van der Waals surface area contributed by atoms with E-state index in [9.17, 15) is 10.2 Å². The van der Waals surface area contributed by atoms with E-state index in [1.807, 2.05) is 18.2 Å². The van der Waals surface area contributed by atoms with E-state index in [2.05, 4.69) is 19.1 Å². The van der Waals surface area contributed by atoms with Crippen LogP contribution in [0.3, 0.4) is 0 Å². The van der Waals surface area contributed by atoms with Gasteiger partial charge in [-0.05, 0) is 43.2 Å². The fraction of sp³-hybridized carbons (Fsp3) is 0.571. The maximum atomic E-state index is 10.4. The molecule has 3 nitrogen and oxygen atoms in total. The Labute approximate surface area is 187 Å². The molecular formula is C21H28ClO3Y-. The quantitative estimate of drug-likeness (QED) is 0.370. The average Bonchev–Trinajstić information content (AvgIpc) is 3.10. The molecule has 0 aromatic heterocycles. The Morgan fingerprint density at radius 3 is 2.81 bits per heavy atom. The molecule has 1 aromatic carbocycles. The van der Waals surface area contributed by atoms with Crippen LogP contribution < -0.4 is 4.74 Å². The summed E-state index contributed by atoms with van der Waals surface area (Å²) in [6.45, 7) is 4.30. The molecule has 1 saturated carbocycles. The Kier molecular flexibility index (Phi) is 9.09. The van der Waals surface area contributed by atoms with Gasteiger partial charge in [0, 0.05) is 49.6 Å². The number of halogens is 1. The average molecular weight is 453 g/mol. The first-order valence-electron chi connectivity index (χ1n) is 9.30. The zero-order valence-electron chi connectivity index (χ0n) is 15.2. The van der Waals surface area contributed by atoms with Gasteiger partial charge in [0.15, 0.2) is 0 Å². The summed E-state index contributed by atoms with van der Waals surface area (Å²) < 4.78 is 6.09. The number of alkyl halides is 1. The summed E-state index contributed by atoms with van der Waals surface area (Å²) in [5.74, 6) is 1.10. The summed E-state index contributed by atoms with van der Waals surface area (Å²) in [7, 11) is 0. The predicted molar refractivity (Wildman–Crippen MR) is 101 cm³/mol. The smallest absolute Gasteiger partial charge is 0.122 e. The van der Waals surface area contributed by atoms with Crippen LogP contribution >= 0.6 is 11.6 Å². The molecule has 0 bridgehead atoms. The molecule has 1 radical (unpaired) electrons. The van der Waals surface area contributed by atoms with Crippen LogP contribution in [0, 0.1) is 18.8 Å². The number of allylic oxidation sites excluding steroid dienone is 2. The molecule has 5 heteroatoms. The second kappa shape index (κ2) is 10.6. The number of benzene rings is 1. The molecule has 141 valence electrons. The molecule has 1 unspecified atom stereocenters. The van der Waals surface area contributed by atoms with Crippen LogP contribution in [0.15, 0.2) is 30.4 Å². The largest absolute Gasteiger partial charge is 0.493 e. The maximum absolute atomic E-state index is 10.4. The minimum absolute atomic E-state index is 0. The molecule has 1 fully saturated rings. The summed E-state index contributed by atoms with van der Waals surface area (Å²) in [5.41, 5.74) is 2.09. The minimum Gasteiger partial charge on any atom is -0.493 e. The number of unbranched alkanes of at least 4 members (excludes halogenated alkanes) is 1. The Morgan fingerprint density at radius 1 is 1.23 bits per heavy atom. The van der Waals surface area contributed by atoms with Gasteiger partial charge in [-0.25, -0.2) is 0 Å². The fourth-order valence-electron chi connectivity index (χ4n) is 4.10. The standard InChI is InChI=1S/C21H28ClO3.Y/c1-2-3-4-5-7-14-17(20(24)12-18(14)22)13-25-21-9-6-8-15-16(21)10-11-19(15)23;/h4-6,8-9,14,17-20,23-24H,1-3,7,10-13H2;/q-1;/b5-4-;/t14-,17-,18-,19?,20-;/m1./s1. The summed E-state index contributed by atoms with van der Waals surface area (Å²) in [6.07, 6.45) is 8.45. The van der Waals surface area contributed by atoms with E-state index in [0.29, 0.717) is 13.0 Å². The third-order valence-corrected chi connectivity index (χ3v) is 6.05. The molecular weight excluding hydrogens is 425 g/mol. The van der Waals surface area contributed by atoms with Gasteiger partial charge in [0.25, 0.3) is 0 Å². The monoisotopic (exact) mass is 452 g/mol. The van der Waals surface area contributed by atoms with Gasteiger partial charge in [-0.3, -0.25) is 0 Å². The van der Waals surface area contributed by atoms with Crippen LogP contribution in [0.1, 0.15) is 49.3 Å². The zero-order valence-corrected chi connectivity index (χ0v) is 18.8. The van der Waals surface area contributed by atoms with Gasteiger partial charge >= 0.3 is 0 Å². The summed E-state index contributed by atoms with van der Waals surface area (Å²) in [5, 5.41) is 20.4. The number of ether oxygens (including phenoxy) is 1. The van der Waals surface area contributed by atoms with Crippen molar-refractivity contribution in [3.63, 3.8) is 0 Å². The Hall–Kier alpha value is 0.0739. The van der Waals surface area contributed by atoms with Crippen molar-refractivity contribution in [1.29, 1.82) is 0 Å². The van der Waals surface area contributed by atoms with E-state index in [4.69, 9.17) is 16.3 Å². The predicted octanol–water partition coefficient (Wildman–Crippen LogP) is 4.21. The van der Waals surface area contributed by atoms with E-state index >= 15 is 0 Å². The first-order chi connectivity index (χ1) is 12.1. The number of fused-ring (bicyclic) bond motifs is 1. The van der Waals surface area contributed by atoms with E-state index in [-0.39, 0.29) is 56.0 Å². The second-order valence-corrected chi connectivity index (χ2v) is 7.75. The summed E-state index contributed by atoms with van der Waals surface area (Å²) in [6, 6.07) is 5.85. The summed E-state index contributed by atoms with van der Waals surface area (Å²) in [4.78, 5) is 0. The molecule has 0 saturated heterocycles. The minimum atomic E-state index is -0.420. The third kappa shape index (κ3) is 5.11. The molecule has 0 spiro atoms. The van der Waals surface area contributed by atoms with Crippen LogP contribution in [-0.2, 0) is 39.1 Å².